The Hall–Kier alpha value is -1.94. The number of rotatable bonds is 7. The predicted molar refractivity (Wildman–Crippen MR) is 92.6 cm³/mol. The maximum absolute atomic E-state index is 12.8. The van der Waals surface area contributed by atoms with Gasteiger partial charge in [-0.25, -0.2) is 0 Å². The average Bonchev–Trinajstić information content (AvgIpc) is 2.59. The molecular formula is C18H22ClNO3. The number of amides is 1. The number of hydrogen-bond acceptors (Lipinski definition) is 3. The van der Waals surface area contributed by atoms with Crippen molar-refractivity contribution in [2.24, 2.45) is 0 Å². The van der Waals surface area contributed by atoms with Gasteiger partial charge in [-0.15, -0.1) is 0 Å². The summed E-state index contributed by atoms with van der Waals surface area (Å²) in [4.78, 5) is 14.6. The van der Waals surface area contributed by atoms with Crippen LogP contribution in [0.1, 0.15) is 29.6 Å². The van der Waals surface area contributed by atoms with E-state index in [4.69, 9.17) is 21.1 Å². The molecule has 0 atom stereocenters. The Morgan fingerprint density at radius 2 is 1.70 bits per heavy atom. The summed E-state index contributed by atoms with van der Waals surface area (Å²) >= 11 is 6.25. The van der Waals surface area contributed by atoms with Gasteiger partial charge in [0.05, 0.1) is 10.6 Å². The Morgan fingerprint density at radius 1 is 1.09 bits per heavy atom. The number of halogens is 1. The fourth-order valence-corrected chi connectivity index (χ4v) is 2.71. The highest BCUT2D eigenvalue weighted by molar-refractivity contribution is 6.32. The number of carbonyl (C=O) groups is 1. The SMILES string of the molecule is C=CCOc1cc(OCC=C)c(C(=O)N2CCCCC2)cc1Cl. The maximum atomic E-state index is 12.8. The molecule has 0 aromatic heterocycles. The summed E-state index contributed by atoms with van der Waals surface area (Å²) in [7, 11) is 0. The van der Waals surface area contributed by atoms with Gasteiger partial charge in [-0.05, 0) is 25.3 Å². The van der Waals surface area contributed by atoms with Crippen molar-refractivity contribution in [3.8, 4) is 11.5 Å². The van der Waals surface area contributed by atoms with Gasteiger partial charge in [0.25, 0.3) is 5.91 Å². The van der Waals surface area contributed by atoms with Crippen molar-refractivity contribution in [3.63, 3.8) is 0 Å². The Morgan fingerprint density at radius 3 is 2.30 bits per heavy atom. The van der Waals surface area contributed by atoms with Crippen molar-refractivity contribution in [2.75, 3.05) is 26.3 Å². The van der Waals surface area contributed by atoms with Gasteiger partial charge in [-0.1, -0.05) is 36.9 Å². The topological polar surface area (TPSA) is 38.8 Å². The summed E-state index contributed by atoms with van der Waals surface area (Å²) in [6, 6.07) is 3.28. The van der Waals surface area contributed by atoms with E-state index in [1.165, 1.54) is 6.42 Å². The lowest BCUT2D eigenvalue weighted by Gasteiger charge is -2.27. The van der Waals surface area contributed by atoms with Gasteiger partial charge < -0.3 is 14.4 Å². The number of piperidine rings is 1. The lowest BCUT2D eigenvalue weighted by molar-refractivity contribution is 0.0720. The monoisotopic (exact) mass is 335 g/mol. The van der Waals surface area contributed by atoms with E-state index in [0.717, 1.165) is 25.9 Å². The Bertz CT molecular complexity index is 580. The number of likely N-dealkylation sites (tertiary alicyclic amines) is 1. The van der Waals surface area contributed by atoms with E-state index in [2.05, 4.69) is 13.2 Å². The Labute approximate surface area is 142 Å². The highest BCUT2D eigenvalue weighted by Crippen LogP contribution is 2.34. The molecule has 5 heteroatoms. The molecule has 0 bridgehead atoms. The van der Waals surface area contributed by atoms with Crippen molar-refractivity contribution in [1.82, 2.24) is 4.90 Å². The van der Waals surface area contributed by atoms with Crippen LogP contribution in [0, 0.1) is 0 Å². The first-order valence-corrected chi connectivity index (χ1v) is 8.15. The zero-order chi connectivity index (χ0) is 16.7. The molecule has 4 nitrogen and oxygen atoms in total. The van der Waals surface area contributed by atoms with E-state index in [1.807, 2.05) is 4.90 Å². The number of ether oxygens (including phenoxy) is 2. The Balaban J connectivity index is 2.31. The zero-order valence-electron chi connectivity index (χ0n) is 13.2. The molecule has 23 heavy (non-hydrogen) atoms. The van der Waals surface area contributed by atoms with Crippen LogP contribution < -0.4 is 9.47 Å². The third kappa shape index (κ3) is 4.52. The highest BCUT2D eigenvalue weighted by Gasteiger charge is 2.23. The smallest absolute Gasteiger partial charge is 0.257 e. The quantitative estimate of drug-likeness (QED) is 0.704. The summed E-state index contributed by atoms with van der Waals surface area (Å²) in [6.45, 7) is 9.43. The summed E-state index contributed by atoms with van der Waals surface area (Å²) < 4.78 is 11.1. The van der Waals surface area contributed by atoms with E-state index in [1.54, 1.807) is 24.3 Å². The molecule has 0 N–H and O–H groups in total. The fraction of sp³-hybridized carbons (Fsp3) is 0.389. The molecule has 1 heterocycles. The van der Waals surface area contributed by atoms with Gasteiger partial charge in [0.2, 0.25) is 0 Å². The third-order valence-corrected chi connectivity index (χ3v) is 3.92. The Kier molecular flexibility index (Phi) is 6.53. The van der Waals surface area contributed by atoms with Crippen LogP contribution >= 0.6 is 11.6 Å². The normalized spacial score (nSPS) is 14.2. The van der Waals surface area contributed by atoms with Crippen LogP contribution in [0.25, 0.3) is 0 Å². The van der Waals surface area contributed by atoms with Crippen LogP contribution in [0.5, 0.6) is 11.5 Å². The van der Waals surface area contributed by atoms with Gasteiger partial charge in [0.1, 0.15) is 24.7 Å². The van der Waals surface area contributed by atoms with Gasteiger partial charge >= 0.3 is 0 Å². The van der Waals surface area contributed by atoms with Crippen molar-refractivity contribution in [1.29, 1.82) is 0 Å². The molecule has 1 saturated heterocycles. The highest BCUT2D eigenvalue weighted by atomic mass is 35.5. The first kappa shape index (κ1) is 17.4. The lowest BCUT2D eigenvalue weighted by Crippen LogP contribution is -2.35. The molecule has 1 fully saturated rings. The minimum atomic E-state index is -0.0547. The fourth-order valence-electron chi connectivity index (χ4n) is 2.50. The lowest BCUT2D eigenvalue weighted by atomic mass is 10.1. The summed E-state index contributed by atoms with van der Waals surface area (Å²) in [5, 5.41) is 0.387. The summed E-state index contributed by atoms with van der Waals surface area (Å²) in [5.41, 5.74) is 0.463. The second-order valence-corrected chi connectivity index (χ2v) is 5.74. The molecule has 0 aliphatic carbocycles. The van der Waals surface area contributed by atoms with E-state index in [0.29, 0.717) is 35.3 Å². The second kappa shape index (κ2) is 8.63. The molecule has 0 spiro atoms. The van der Waals surface area contributed by atoms with Crippen molar-refractivity contribution in [2.45, 2.75) is 19.3 Å². The van der Waals surface area contributed by atoms with Crippen LogP contribution in [-0.2, 0) is 0 Å². The molecule has 0 unspecified atom stereocenters. The minimum absolute atomic E-state index is 0.0547. The molecule has 0 radical (unpaired) electrons. The zero-order valence-corrected chi connectivity index (χ0v) is 14.0. The summed E-state index contributed by atoms with van der Waals surface area (Å²) in [6.07, 6.45) is 6.49. The first-order chi connectivity index (χ1) is 11.2. The number of benzene rings is 1. The van der Waals surface area contributed by atoms with Crippen molar-refractivity contribution >= 4 is 17.5 Å². The average molecular weight is 336 g/mol. The van der Waals surface area contributed by atoms with Crippen molar-refractivity contribution < 1.29 is 14.3 Å². The predicted octanol–water partition coefficient (Wildman–Crippen LogP) is 4.10. The maximum Gasteiger partial charge on any atom is 0.257 e. The molecule has 124 valence electrons. The number of hydrogen-bond donors (Lipinski definition) is 0. The summed E-state index contributed by atoms with van der Waals surface area (Å²) in [5.74, 6) is 0.880. The van der Waals surface area contributed by atoms with Crippen LogP contribution in [0.2, 0.25) is 5.02 Å². The van der Waals surface area contributed by atoms with Gasteiger partial charge in [-0.3, -0.25) is 4.79 Å². The molecular weight excluding hydrogens is 314 g/mol. The molecule has 2 rings (SSSR count). The largest absolute Gasteiger partial charge is 0.489 e. The second-order valence-electron chi connectivity index (χ2n) is 5.33. The molecule has 1 amide bonds. The molecule has 1 aromatic carbocycles. The first-order valence-electron chi connectivity index (χ1n) is 7.77. The molecule has 1 aliphatic heterocycles. The standard InChI is InChI=1S/C18H22ClNO3/c1-3-10-22-16-13-17(23-11-4-2)15(19)12-14(16)18(21)20-8-6-5-7-9-20/h3-4,12-13H,1-2,5-11H2. The van der Waals surface area contributed by atoms with Crippen molar-refractivity contribution in [3.05, 3.63) is 48.0 Å². The van der Waals surface area contributed by atoms with E-state index in [-0.39, 0.29) is 5.91 Å². The van der Waals surface area contributed by atoms with Crippen LogP contribution in [-0.4, -0.2) is 37.1 Å². The van der Waals surface area contributed by atoms with Crippen LogP contribution in [0.4, 0.5) is 0 Å². The third-order valence-electron chi connectivity index (χ3n) is 3.62. The molecule has 1 aromatic rings. The van der Waals surface area contributed by atoms with Gasteiger partial charge in [0, 0.05) is 19.2 Å². The van der Waals surface area contributed by atoms with Crippen LogP contribution in [0.15, 0.2) is 37.4 Å². The molecule has 1 aliphatic rings. The minimum Gasteiger partial charge on any atom is -0.489 e. The van der Waals surface area contributed by atoms with E-state index >= 15 is 0 Å². The van der Waals surface area contributed by atoms with E-state index < -0.39 is 0 Å². The number of nitrogens with zero attached hydrogens (tertiary/aromatic N) is 1. The van der Waals surface area contributed by atoms with Gasteiger partial charge in [-0.2, -0.15) is 0 Å². The molecule has 0 saturated carbocycles. The van der Waals surface area contributed by atoms with E-state index in [9.17, 15) is 4.79 Å². The van der Waals surface area contributed by atoms with Crippen LogP contribution in [0.3, 0.4) is 0 Å². The number of carbonyl (C=O) groups excluding carboxylic acids is 1. The van der Waals surface area contributed by atoms with Gasteiger partial charge in [0.15, 0.2) is 0 Å².